The Balaban J connectivity index is 2.04. The van der Waals surface area contributed by atoms with Crippen LogP contribution < -0.4 is 20.5 Å². The molecule has 0 bridgehead atoms. The summed E-state index contributed by atoms with van der Waals surface area (Å²) in [5, 5.41) is 5.74. The van der Waals surface area contributed by atoms with Gasteiger partial charge >= 0.3 is 8.56 Å². The molecule has 0 radical (unpaired) electrons. The smallest absolute Gasteiger partial charge is 0.320 e. The monoisotopic (exact) mass is 525 g/mol. The topological polar surface area (TPSA) is 18.5 Å². The highest BCUT2D eigenvalue weighted by Gasteiger charge is 2.48. The summed E-state index contributed by atoms with van der Waals surface area (Å²) in [6.07, 6.45) is 5.02. The van der Waals surface area contributed by atoms with E-state index in [0.29, 0.717) is 0 Å². The Bertz CT molecular complexity index is 1080. The summed E-state index contributed by atoms with van der Waals surface area (Å²) in [7, 11) is -4.75. The Morgan fingerprint density at radius 2 is 1.03 bits per heavy atom. The van der Waals surface area contributed by atoms with Crippen LogP contribution in [0.5, 0.6) is 0 Å². The Morgan fingerprint density at radius 3 is 1.38 bits per heavy atom. The van der Waals surface area contributed by atoms with Gasteiger partial charge in [0.25, 0.3) is 0 Å². The second-order valence-corrected chi connectivity index (χ2v) is 17.2. The molecule has 0 spiro atoms. The standard InChI is InChI=1S/C32H43N3Si2/c1-6-34(7-2)36(35(8-3)9-4)26-25-28(5)32(27-33-36)37(29-19-13-10-14-20-29,30-21-15-11-16-22-30)31-23-17-12-18-24-31/h10-25,27,33H,6-9,26H2,1-5H3. The van der Waals surface area contributed by atoms with Gasteiger partial charge in [0.2, 0.25) is 0 Å². The van der Waals surface area contributed by atoms with E-state index in [1.165, 1.54) is 26.3 Å². The zero-order valence-electron chi connectivity index (χ0n) is 23.2. The molecule has 5 heteroatoms. The van der Waals surface area contributed by atoms with Crippen molar-refractivity contribution in [1.82, 2.24) is 14.1 Å². The Morgan fingerprint density at radius 1 is 0.649 bits per heavy atom. The molecular weight excluding hydrogens is 483 g/mol. The number of allylic oxidation sites excluding steroid dienone is 3. The molecule has 3 aromatic carbocycles. The second kappa shape index (κ2) is 12.2. The van der Waals surface area contributed by atoms with Crippen molar-refractivity contribution in [2.45, 2.75) is 40.7 Å². The van der Waals surface area contributed by atoms with Gasteiger partial charge in [-0.3, -0.25) is 9.13 Å². The van der Waals surface area contributed by atoms with E-state index >= 15 is 0 Å². The van der Waals surface area contributed by atoms with Crippen LogP contribution in [0.4, 0.5) is 0 Å². The van der Waals surface area contributed by atoms with Crippen LogP contribution in [0.25, 0.3) is 0 Å². The number of hydrogen-bond acceptors (Lipinski definition) is 3. The van der Waals surface area contributed by atoms with Crippen molar-refractivity contribution in [3.05, 3.63) is 114 Å². The molecule has 1 N–H and O–H groups in total. The first-order valence-electron chi connectivity index (χ1n) is 13.9. The molecule has 3 nitrogen and oxygen atoms in total. The Hall–Kier alpha value is -2.71. The summed E-state index contributed by atoms with van der Waals surface area (Å²) < 4.78 is 5.44. The largest absolute Gasteiger partial charge is 0.392 e. The van der Waals surface area contributed by atoms with Gasteiger partial charge in [0, 0.05) is 6.04 Å². The number of benzene rings is 3. The van der Waals surface area contributed by atoms with Gasteiger partial charge in [0.1, 0.15) is 0 Å². The summed E-state index contributed by atoms with van der Waals surface area (Å²) in [5.41, 5.74) is 1.41. The van der Waals surface area contributed by atoms with Gasteiger partial charge in [-0.2, -0.15) is 0 Å². The van der Waals surface area contributed by atoms with Crippen LogP contribution in [0.1, 0.15) is 34.6 Å². The van der Waals surface area contributed by atoms with Crippen molar-refractivity contribution in [2.75, 3.05) is 26.2 Å². The molecule has 1 aliphatic heterocycles. The van der Waals surface area contributed by atoms with Crippen molar-refractivity contribution in [3.63, 3.8) is 0 Å². The minimum atomic E-state index is -2.58. The fourth-order valence-electron chi connectivity index (χ4n) is 6.34. The van der Waals surface area contributed by atoms with Gasteiger partial charge in [0.15, 0.2) is 8.07 Å². The molecule has 1 heterocycles. The fraction of sp³-hybridized carbons (Fsp3) is 0.312. The van der Waals surface area contributed by atoms with E-state index in [1.807, 2.05) is 0 Å². The number of hydrogen-bond donors (Lipinski definition) is 1. The molecule has 0 aliphatic carbocycles. The number of nitrogens with one attached hydrogen (secondary N) is 1. The predicted molar refractivity (Wildman–Crippen MR) is 165 cm³/mol. The van der Waals surface area contributed by atoms with Gasteiger partial charge < -0.3 is 4.98 Å². The SMILES string of the molecule is CCN(CC)[Si]1(N(CC)CC)CC=C(C)C([Si](c2ccccc2)(c2ccccc2)c2ccccc2)=CN1. The minimum absolute atomic E-state index is 1.06. The van der Waals surface area contributed by atoms with E-state index in [0.717, 1.165) is 32.2 Å². The third-order valence-electron chi connectivity index (χ3n) is 8.16. The molecule has 3 aromatic rings. The van der Waals surface area contributed by atoms with Crippen LogP contribution in [-0.2, 0) is 0 Å². The lowest BCUT2D eigenvalue weighted by Gasteiger charge is -2.47. The average Bonchev–Trinajstić information content (AvgIpc) is 3.13. The predicted octanol–water partition coefficient (Wildman–Crippen LogP) is 4.75. The van der Waals surface area contributed by atoms with Gasteiger partial charge in [-0.15, -0.1) is 0 Å². The van der Waals surface area contributed by atoms with E-state index in [2.05, 4.69) is 152 Å². The number of nitrogens with zero attached hydrogens (tertiary/aromatic N) is 2. The highest BCUT2D eigenvalue weighted by molar-refractivity contribution is 7.16. The molecule has 0 fully saturated rings. The maximum atomic E-state index is 4.21. The van der Waals surface area contributed by atoms with Crippen molar-refractivity contribution in [1.29, 1.82) is 0 Å². The van der Waals surface area contributed by atoms with Crippen LogP contribution in [0.15, 0.2) is 114 Å². The zero-order valence-corrected chi connectivity index (χ0v) is 25.2. The van der Waals surface area contributed by atoms with E-state index in [1.54, 1.807) is 0 Å². The molecule has 0 aromatic heterocycles. The van der Waals surface area contributed by atoms with Gasteiger partial charge in [-0.25, -0.2) is 0 Å². The molecule has 0 unspecified atom stereocenters. The molecule has 37 heavy (non-hydrogen) atoms. The van der Waals surface area contributed by atoms with Gasteiger partial charge in [-0.05, 0) is 60.1 Å². The normalized spacial score (nSPS) is 15.6. The summed E-state index contributed by atoms with van der Waals surface area (Å²) >= 11 is 0. The zero-order chi connectivity index (χ0) is 26.3. The fourth-order valence-corrected chi connectivity index (χ4v) is 15.9. The molecular formula is C32H43N3Si2. The second-order valence-electron chi connectivity index (χ2n) is 9.80. The highest BCUT2D eigenvalue weighted by Crippen LogP contribution is 2.30. The van der Waals surface area contributed by atoms with Crippen LogP contribution in [0, 0.1) is 0 Å². The highest BCUT2D eigenvalue weighted by atomic mass is 28.4. The molecule has 1 aliphatic rings. The van der Waals surface area contributed by atoms with E-state index in [4.69, 9.17) is 0 Å². The lowest BCUT2D eigenvalue weighted by Crippen LogP contribution is -2.73. The van der Waals surface area contributed by atoms with Gasteiger partial charge in [-0.1, -0.05) is 130 Å². The third kappa shape index (κ3) is 4.93. The summed E-state index contributed by atoms with van der Waals surface area (Å²) in [4.78, 5) is 4.21. The van der Waals surface area contributed by atoms with Crippen LogP contribution >= 0.6 is 0 Å². The molecule has 0 amide bonds. The van der Waals surface area contributed by atoms with E-state index in [9.17, 15) is 0 Å². The maximum Gasteiger partial charge on any atom is 0.320 e. The average molecular weight is 526 g/mol. The quantitative estimate of drug-likeness (QED) is 0.304. The van der Waals surface area contributed by atoms with Crippen LogP contribution in [0.3, 0.4) is 0 Å². The van der Waals surface area contributed by atoms with Crippen molar-refractivity contribution >= 4 is 32.2 Å². The lowest BCUT2D eigenvalue weighted by molar-refractivity contribution is 0.343. The van der Waals surface area contributed by atoms with Crippen molar-refractivity contribution in [2.24, 2.45) is 0 Å². The summed E-state index contributed by atoms with van der Waals surface area (Å²) in [5.74, 6) is 0. The third-order valence-corrected chi connectivity index (χ3v) is 17.8. The number of rotatable bonds is 10. The first-order chi connectivity index (χ1) is 18.1. The van der Waals surface area contributed by atoms with Crippen molar-refractivity contribution < 1.29 is 0 Å². The molecule has 4 rings (SSSR count). The molecule has 0 atom stereocenters. The molecule has 0 saturated heterocycles. The minimum Gasteiger partial charge on any atom is -0.392 e. The van der Waals surface area contributed by atoms with Crippen molar-refractivity contribution in [3.8, 4) is 0 Å². The summed E-state index contributed by atoms with van der Waals surface area (Å²) in [6, 6.07) is 34.8. The Kier molecular flexibility index (Phi) is 9.03. The first-order valence-corrected chi connectivity index (χ1v) is 18.0. The Labute approximate surface area is 226 Å². The van der Waals surface area contributed by atoms with Crippen LogP contribution in [0.2, 0.25) is 6.04 Å². The van der Waals surface area contributed by atoms with E-state index in [-0.39, 0.29) is 0 Å². The maximum absolute atomic E-state index is 4.21. The van der Waals surface area contributed by atoms with Crippen LogP contribution in [-0.4, -0.2) is 51.9 Å². The lowest BCUT2D eigenvalue weighted by atomic mass is 10.3. The first kappa shape index (κ1) is 27.3. The van der Waals surface area contributed by atoms with E-state index < -0.39 is 16.6 Å². The molecule has 0 saturated carbocycles. The van der Waals surface area contributed by atoms with Gasteiger partial charge in [0.05, 0.1) is 0 Å². The summed E-state index contributed by atoms with van der Waals surface area (Å²) in [6.45, 7) is 15.8. The molecule has 194 valence electrons.